The van der Waals surface area contributed by atoms with Gasteiger partial charge in [0.15, 0.2) is 5.82 Å². The van der Waals surface area contributed by atoms with Crippen LogP contribution in [0, 0.1) is 5.92 Å². The summed E-state index contributed by atoms with van der Waals surface area (Å²) in [6.07, 6.45) is 3.62. The fourth-order valence-corrected chi connectivity index (χ4v) is 2.34. The molecule has 0 aliphatic carbocycles. The van der Waals surface area contributed by atoms with Crippen molar-refractivity contribution in [2.24, 2.45) is 5.92 Å². The van der Waals surface area contributed by atoms with E-state index in [1.54, 1.807) is 11.8 Å². The van der Waals surface area contributed by atoms with Crippen LogP contribution in [0.1, 0.15) is 19.8 Å². The topological polar surface area (TPSA) is 68.2 Å². The summed E-state index contributed by atoms with van der Waals surface area (Å²) >= 11 is 0. The number of hydrogen-bond acceptors (Lipinski definition) is 4. The predicted octanol–water partition coefficient (Wildman–Crippen LogP) is 0.856. The molecule has 2 rings (SSSR count). The molecule has 6 nitrogen and oxygen atoms in total. The molecule has 1 saturated heterocycles. The van der Waals surface area contributed by atoms with E-state index in [9.17, 15) is 4.79 Å². The SMILES string of the molecule is COCCn1ccc(NC(=O)[C@H]2CCN[C@@H](C)C2)n1. The van der Waals surface area contributed by atoms with Crippen LogP contribution in [-0.4, -0.2) is 42.0 Å². The summed E-state index contributed by atoms with van der Waals surface area (Å²) in [6, 6.07) is 2.22. The molecule has 2 N–H and O–H groups in total. The molecule has 0 bridgehead atoms. The Kier molecular flexibility index (Phi) is 4.93. The Labute approximate surface area is 113 Å². The predicted molar refractivity (Wildman–Crippen MR) is 72.9 cm³/mol. The number of carbonyl (C=O) groups excluding carboxylic acids is 1. The second-order valence-electron chi connectivity index (χ2n) is 5.02. The van der Waals surface area contributed by atoms with Gasteiger partial charge in [0.25, 0.3) is 0 Å². The lowest BCUT2D eigenvalue weighted by Gasteiger charge is -2.26. The third-order valence-corrected chi connectivity index (χ3v) is 3.41. The first kappa shape index (κ1) is 14.0. The average molecular weight is 266 g/mol. The molecule has 1 amide bonds. The molecule has 0 aromatic carbocycles. The first-order valence-corrected chi connectivity index (χ1v) is 6.75. The van der Waals surface area contributed by atoms with Crippen LogP contribution in [0.4, 0.5) is 5.82 Å². The van der Waals surface area contributed by atoms with Gasteiger partial charge in [-0.2, -0.15) is 5.10 Å². The number of anilines is 1. The molecule has 0 unspecified atom stereocenters. The van der Waals surface area contributed by atoms with Crippen LogP contribution in [0.25, 0.3) is 0 Å². The summed E-state index contributed by atoms with van der Waals surface area (Å²) in [6.45, 7) is 4.32. The van der Waals surface area contributed by atoms with Crippen LogP contribution >= 0.6 is 0 Å². The van der Waals surface area contributed by atoms with Crippen molar-refractivity contribution in [3.8, 4) is 0 Å². The van der Waals surface area contributed by atoms with Gasteiger partial charge in [-0.05, 0) is 26.3 Å². The van der Waals surface area contributed by atoms with Crippen molar-refractivity contribution in [2.45, 2.75) is 32.4 Å². The molecule has 2 heterocycles. The Hall–Kier alpha value is -1.40. The molecule has 0 spiro atoms. The molecule has 6 heteroatoms. The van der Waals surface area contributed by atoms with Crippen LogP contribution in [-0.2, 0) is 16.1 Å². The largest absolute Gasteiger partial charge is 0.383 e. The average Bonchev–Trinajstić information content (AvgIpc) is 2.84. The third-order valence-electron chi connectivity index (χ3n) is 3.41. The second kappa shape index (κ2) is 6.68. The summed E-state index contributed by atoms with van der Waals surface area (Å²) < 4.78 is 6.76. The summed E-state index contributed by atoms with van der Waals surface area (Å²) in [7, 11) is 1.66. The number of rotatable bonds is 5. The Bertz CT molecular complexity index is 419. The lowest BCUT2D eigenvalue weighted by atomic mass is 9.92. The van der Waals surface area contributed by atoms with E-state index in [0.29, 0.717) is 25.0 Å². The lowest BCUT2D eigenvalue weighted by Crippen LogP contribution is -2.40. The van der Waals surface area contributed by atoms with Gasteiger partial charge in [-0.1, -0.05) is 0 Å². The van der Waals surface area contributed by atoms with Crippen LogP contribution in [0.5, 0.6) is 0 Å². The summed E-state index contributed by atoms with van der Waals surface area (Å²) in [5.41, 5.74) is 0. The van der Waals surface area contributed by atoms with Crippen molar-refractivity contribution >= 4 is 11.7 Å². The monoisotopic (exact) mass is 266 g/mol. The van der Waals surface area contributed by atoms with E-state index in [1.807, 2.05) is 12.3 Å². The molecule has 1 aromatic heterocycles. The number of hydrogen-bond donors (Lipinski definition) is 2. The van der Waals surface area contributed by atoms with Gasteiger partial charge in [0.05, 0.1) is 13.2 Å². The lowest BCUT2D eigenvalue weighted by molar-refractivity contribution is -0.120. The molecule has 1 aliphatic rings. The minimum atomic E-state index is 0.0744. The van der Waals surface area contributed by atoms with Gasteiger partial charge < -0.3 is 15.4 Å². The number of aromatic nitrogens is 2. The molecule has 106 valence electrons. The summed E-state index contributed by atoms with van der Waals surface area (Å²) in [5.74, 6) is 0.776. The van der Waals surface area contributed by atoms with E-state index >= 15 is 0 Å². The Balaban J connectivity index is 1.86. The van der Waals surface area contributed by atoms with Crippen LogP contribution in [0.3, 0.4) is 0 Å². The van der Waals surface area contributed by atoms with Gasteiger partial charge in [-0.3, -0.25) is 9.48 Å². The highest BCUT2D eigenvalue weighted by molar-refractivity contribution is 5.91. The van der Waals surface area contributed by atoms with E-state index in [4.69, 9.17) is 4.74 Å². The number of nitrogens with zero attached hydrogens (tertiary/aromatic N) is 2. The summed E-state index contributed by atoms with van der Waals surface area (Å²) in [4.78, 5) is 12.1. The fraction of sp³-hybridized carbons (Fsp3) is 0.692. The molecule has 1 aliphatic heterocycles. The minimum Gasteiger partial charge on any atom is -0.383 e. The van der Waals surface area contributed by atoms with Crippen LogP contribution < -0.4 is 10.6 Å². The minimum absolute atomic E-state index is 0.0744. The highest BCUT2D eigenvalue weighted by atomic mass is 16.5. The zero-order chi connectivity index (χ0) is 13.7. The molecule has 2 atom stereocenters. The number of carbonyl (C=O) groups is 1. The number of ether oxygens (including phenoxy) is 1. The number of nitrogens with one attached hydrogen (secondary N) is 2. The molecule has 19 heavy (non-hydrogen) atoms. The molecular weight excluding hydrogens is 244 g/mol. The molecule has 0 saturated carbocycles. The van der Waals surface area contributed by atoms with Gasteiger partial charge in [0.2, 0.25) is 5.91 Å². The van der Waals surface area contributed by atoms with E-state index < -0.39 is 0 Å². The quantitative estimate of drug-likeness (QED) is 0.829. The first-order chi connectivity index (χ1) is 9.19. The highest BCUT2D eigenvalue weighted by Gasteiger charge is 2.24. The van der Waals surface area contributed by atoms with Crippen molar-refractivity contribution in [3.63, 3.8) is 0 Å². The van der Waals surface area contributed by atoms with Crippen LogP contribution in [0.2, 0.25) is 0 Å². The van der Waals surface area contributed by atoms with Crippen molar-refractivity contribution in [3.05, 3.63) is 12.3 Å². The van der Waals surface area contributed by atoms with Crippen molar-refractivity contribution in [1.82, 2.24) is 15.1 Å². The van der Waals surface area contributed by atoms with E-state index in [2.05, 4.69) is 22.7 Å². The van der Waals surface area contributed by atoms with Crippen molar-refractivity contribution in [2.75, 3.05) is 25.6 Å². The first-order valence-electron chi connectivity index (χ1n) is 6.75. The number of piperidine rings is 1. The normalized spacial score (nSPS) is 23.3. The van der Waals surface area contributed by atoms with Gasteiger partial charge in [0.1, 0.15) is 0 Å². The van der Waals surface area contributed by atoms with E-state index in [0.717, 1.165) is 19.4 Å². The molecule has 0 radical (unpaired) electrons. The van der Waals surface area contributed by atoms with Gasteiger partial charge >= 0.3 is 0 Å². The Morgan fingerprint density at radius 1 is 1.68 bits per heavy atom. The van der Waals surface area contributed by atoms with E-state index in [1.165, 1.54) is 0 Å². The zero-order valence-electron chi connectivity index (χ0n) is 11.6. The third kappa shape index (κ3) is 4.04. The van der Waals surface area contributed by atoms with Crippen LogP contribution in [0.15, 0.2) is 12.3 Å². The molecular formula is C13H22N4O2. The van der Waals surface area contributed by atoms with E-state index in [-0.39, 0.29) is 11.8 Å². The maximum absolute atomic E-state index is 12.1. The fourth-order valence-electron chi connectivity index (χ4n) is 2.34. The van der Waals surface area contributed by atoms with Gasteiger partial charge in [0, 0.05) is 31.3 Å². The zero-order valence-corrected chi connectivity index (χ0v) is 11.6. The van der Waals surface area contributed by atoms with Crippen molar-refractivity contribution in [1.29, 1.82) is 0 Å². The maximum atomic E-state index is 12.1. The Morgan fingerprint density at radius 3 is 3.26 bits per heavy atom. The molecule has 1 fully saturated rings. The second-order valence-corrected chi connectivity index (χ2v) is 5.02. The highest BCUT2D eigenvalue weighted by Crippen LogP contribution is 2.17. The number of amides is 1. The maximum Gasteiger partial charge on any atom is 0.228 e. The Morgan fingerprint density at radius 2 is 2.53 bits per heavy atom. The smallest absolute Gasteiger partial charge is 0.228 e. The van der Waals surface area contributed by atoms with Gasteiger partial charge in [-0.25, -0.2) is 0 Å². The molecule has 1 aromatic rings. The number of methoxy groups -OCH3 is 1. The summed E-state index contributed by atoms with van der Waals surface area (Å²) in [5, 5.41) is 10.5. The standard InChI is InChI=1S/C13H22N4O2/c1-10-9-11(3-5-14-10)13(18)15-12-4-6-17(16-12)7-8-19-2/h4,6,10-11,14H,3,5,7-9H2,1-2H3,(H,15,16,18)/t10-,11-/m0/s1. The van der Waals surface area contributed by atoms with Crippen molar-refractivity contribution < 1.29 is 9.53 Å². The van der Waals surface area contributed by atoms with Gasteiger partial charge in [-0.15, -0.1) is 0 Å².